The van der Waals surface area contributed by atoms with Crippen molar-refractivity contribution >= 4 is 52.0 Å². The monoisotopic (exact) mass is 431 g/mol. The highest BCUT2D eigenvalue weighted by atomic mass is 35.5. The summed E-state index contributed by atoms with van der Waals surface area (Å²) in [6, 6.07) is 5.76. The van der Waals surface area contributed by atoms with Crippen LogP contribution >= 0.6 is 22.9 Å². The summed E-state index contributed by atoms with van der Waals surface area (Å²) in [6.45, 7) is 0. The summed E-state index contributed by atoms with van der Waals surface area (Å²) in [5.41, 5.74) is 0.324. The van der Waals surface area contributed by atoms with Gasteiger partial charge in [0.05, 0.1) is 11.1 Å². The third kappa shape index (κ3) is 4.42. The summed E-state index contributed by atoms with van der Waals surface area (Å²) in [7, 11) is 1.54. The number of carboxylic acid groups (broad SMARTS) is 1. The molecule has 2 heterocycles. The molecule has 0 aliphatic carbocycles. The summed E-state index contributed by atoms with van der Waals surface area (Å²) in [5, 5.41) is 11.6. The predicted molar refractivity (Wildman–Crippen MR) is 102 cm³/mol. The van der Waals surface area contributed by atoms with Gasteiger partial charge in [-0.05, 0) is 30.3 Å². The third-order valence-corrected chi connectivity index (χ3v) is 6.81. The summed E-state index contributed by atoms with van der Waals surface area (Å²) in [6.07, 6.45) is 0.280. The Labute approximate surface area is 166 Å². The van der Waals surface area contributed by atoms with E-state index in [2.05, 4.69) is 10.0 Å². The zero-order valence-electron chi connectivity index (χ0n) is 13.9. The number of anilines is 1. The highest BCUT2D eigenvalue weighted by Crippen LogP contribution is 2.32. The molecule has 3 N–H and O–H groups in total. The molecule has 0 bridgehead atoms. The van der Waals surface area contributed by atoms with Crippen LogP contribution in [0.4, 0.5) is 10.1 Å². The van der Waals surface area contributed by atoms with Crippen molar-refractivity contribution in [3.05, 3.63) is 50.9 Å². The third-order valence-electron chi connectivity index (χ3n) is 4.07. The Kier molecular flexibility index (Phi) is 6.04. The van der Waals surface area contributed by atoms with Gasteiger partial charge < -0.3 is 15.0 Å². The van der Waals surface area contributed by atoms with E-state index in [9.17, 15) is 18.5 Å². The minimum atomic E-state index is -1.64. The molecule has 2 aromatic rings. The molecule has 27 heavy (non-hydrogen) atoms. The number of halogens is 2. The molecule has 1 aromatic heterocycles. The summed E-state index contributed by atoms with van der Waals surface area (Å²) in [4.78, 5) is 24.6. The van der Waals surface area contributed by atoms with Crippen LogP contribution in [-0.2, 0) is 16.3 Å². The number of hydrogen-bond acceptors (Lipinski definition) is 6. The Morgan fingerprint density at radius 2 is 2.19 bits per heavy atom. The Morgan fingerprint density at radius 1 is 1.44 bits per heavy atom. The molecule has 0 radical (unpaired) electrons. The maximum Gasteiger partial charge on any atom is 0.345 e. The number of thiophene rings is 1. The van der Waals surface area contributed by atoms with Crippen LogP contribution in [0.2, 0.25) is 5.02 Å². The van der Waals surface area contributed by atoms with E-state index in [0.717, 1.165) is 17.4 Å². The number of carbonyl (C=O) groups excluding carboxylic acids is 1. The largest absolute Gasteiger partial charge is 0.579 e. The molecule has 1 saturated heterocycles. The van der Waals surface area contributed by atoms with Gasteiger partial charge in [0.1, 0.15) is 28.3 Å². The second-order valence-electron chi connectivity index (χ2n) is 5.84. The lowest BCUT2D eigenvalue weighted by Crippen LogP contribution is -2.55. The number of nitrogens with zero attached hydrogens (tertiary/aromatic N) is 1. The molecule has 0 spiro atoms. The minimum Gasteiger partial charge on any atom is -0.579 e. The molecular weight excluding hydrogens is 417 g/mol. The molecule has 1 aliphatic rings. The smallest absolute Gasteiger partial charge is 0.345 e. The van der Waals surface area contributed by atoms with Crippen molar-refractivity contribution in [2.45, 2.75) is 18.5 Å². The number of rotatable bonds is 4. The minimum absolute atomic E-state index is 0.118. The van der Waals surface area contributed by atoms with Crippen LogP contribution in [0.5, 0.6) is 0 Å². The first kappa shape index (κ1) is 20.1. The van der Waals surface area contributed by atoms with E-state index >= 15 is 0 Å². The van der Waals surface area contributed by atoms with E-state index in [1.165, 1.54) is 29.6 Å². The Hall–Kier alpha value is -1.69. The maximum atomic E-state index is 13.3. The van der Waals surface area contributed by atoms with Crippen LogP contribution in [0.15, 0.2) is 30.3 Å². The maximum absolute atomic E-state index is 13.3. The zero-order valence-corrected chi connectivity index (χ0v) is 16.3. The van der Waals surface area contributed by atoms with Gasteiger partial charge in [-0.3, -0.25) is 4.79 Å². The van der Waals surface area contributed by atoms with Gasteiger partial charge >= 0.3 is 5.97 Å². The molecule has 3 atom stereocenters. The van der Waals surface area contributed by atoms with Crippen LogP contribution in [0.3, 0.4) is 0 Å². The summed E-state index contributed by atoms with van der Waals surface area (Å²) >= 11 is 5.15. The lowest BCUT2D eigenvalue weighted by molar-refractivity contribution is -0.120. The first-order valence-corrected chi connectivity index (χ1v) is 10.1. The molecule has 1 amide bonds. The van der Waals surface area contributed by atoms with Crippen molar-refractivity contribution in [2.24, 2.45) is 0 Å². The SMILES string of the molecule is CN1C(C(=O)Nc2ccc(F)c(Cl)c2)CC(c2ccc(C(=O)O)s2)N[S+]1[O-]. The fourth-order valence-corrected chi connectivity index (χ4v) is 4.85. The Morgan fingerprint density at radius 3 is 2.81 bits per heavy atom. The number of carbonyl (C=O) groups is 2. The predicted octanol–water partition coefficient (Wildman–Crippen LogP) is 2.79. The molecule has 3 rings (SSSR count). The van der Waals surface area contributed by atoms with Crippen molar-refractivity contribution in [3.8, 4) is 0 Å². The molecule has 1 fully saturated rings. The fourth-order valence-electron chi connectivity index (χ4n) is 2.64. The molecule has 0 saturated carbocycles. The van der Waals surface area contributed by atoms with Gasteiger partial charge in [0.25, 0.3) is 0 Å². The van der Waals surface area contributed by atoms with E-state index in [1.807, 2.05) is 0 Å². The van der Waals surface area contributed by atoms with Gasteiger partial charge in [-0.15, -0.1) is 16.1 Å². The van der Waals surface area contributed by atoms with Gasteiger partial charge in [-0.1, -0.05) is 15.9 Å². The van der Waals surface area contributed by atoms with Crippen molar-refractivity contribution in [1.82, 2.24) is 9.03 Å². The van der Waals surface area contributed by atoms with Gasteiger partial charge in [0, 0.05) is 24.0 Å². The van der Waals surface area contributed by atoms with Crippen LogP contribution in [-0.4, -0.2) is 38.9 Å². The van der Waals surface area contributed by atoms with E-state index in [1.54, 1.807) is 6.07 Å². The van der Waals surface area contributed by atoms with Gasteiger partial charge in [0.2, 0.25) is 5.91 Å². The van der Waals surface area contributed by atoms with Gasteiger partial charge in [-0.25, -0.2) is 9.18 Å². The second kappa shape index (κ2) is 8.13. The van der Waals surface area contributed by atoms with Crippen LogP contribution < -0.4 is 10.0 Å². The fraction of sp³-hybridized carbons (Fsp3) is 0.250. The average molecular weight is 432 g/mol. The number of likely N-dealkylation sites (N-methyl/N-ethyl adjacent to an activating group) is 1. The normalized spacial score (nSPS) is 23.2. The number of benzene rings is 1. The van der Waals surface area contributed by atoms with E-state index in [4.69, 9.17) is 16.7 Å². The van der Waals surface area contributed by atoms with E-state index < -0.39 is 41.3 Å². The lowest BCUT2D eigenvalue weighted by atomic mass is 10.1. The first-order chi connectivity index (χ1) is 12.8. The van der Waals surface area contributed by atoms with Crippen molar-refractivity contribution in [3.63, 3.8) is 0 Å². The molecule has 1 aliphatic heterocycles. The van der Waals surface area contributed by atoms with Crippen molar-refractivity contribution in [2.75, 3.05) is 12.4 Å². The highest BCUT2D eigenvalue weighted by Gasteiger charge is 2.41. The van der Waals surface area contributed by atoms with Gasteiger partial charge in [-0.2, -0.15) is 0 Å². The lowest BCUT2D eigenvalue weighted by Gasteiger charge is -2.35. The molecule has 11 heteroatoms. The first-order valence-electron chi connectivity index (χ1n) is 7.76. The quantitative estimate of drug-likeness (QED) is 0.643. The van der Waals surface area contributed by atoms with Crippen molar-refractivity contribution in [1.29, 1.82) is 0 Å². The average Bonchev–Trinajstić information content (AvgIpc) is 3.10. The molecule has 1 aromatic carbocycles. The summed E-state index contributed by atoms with van der Waals surface area (Å²) in [5.74, 6) is -2.06. The molecular formula is C16H15ClFN3O4S2. The Bertz CT molecular complexity index is 881. The highest BCUT2D eigenvalue weighted by molar-refractivity contribution is 7.87. The number of aromatic carboxylic acids is 1. The molecule has 144 valence electrons. The summed E-state index contributed by atoms with van der Waals surface area (Å²) < 4.78 is 29.9. The number of nitrogens with one attached hydrogen (secondary N) is 2. The Balaban J connectivity index is 1.76. The van der Waals surface area contributed by atoms with Gasteiger partial charge in [0.15, 0.2) is 0 Å². The van der Waals surface area contributed by atoms with Crippen LogP contribution in [0, 0.1) is 5.82 Å². The topological polar surface area (TPSA) is 105 Å². The number of amides is 1. The molecule has 3 unspecified atom stereocenters. The van der Waals surface area contributed by atoms with Crippen LogP contribution in [0.25, 0.3) is 0 Å². The van der Waals surface area contributed by atoms with E-state index in [0.29, 0.717) is 10.6 Å². The molecule has 7 nitrogen and oxygen atoms in total. The van der Waals surface area contributed by atoms with Crippen LogP contribution in [0.1, 0.15) is 27.0 Å². The number of hydrogen-bond donors (Lipinski definition) is 3. The number of carboxylic acids is 1. The second-order valence-corrected chi connectivity index (χ2v) is 8.68. The van der Waals surface area contributed by atoms with E-state index in [-0.39, 0.29) is 16.3 Å². The van der Waals surface area contributed by atoms with Crippen molar-refractivity contribution < 1.29 is 23.6 Å². The standard InChI is InChI=1S/C16H15ClFN3O4S2/c1-21-12(15(22)19-8-2-3-10(18)9(17)6-8)7-11(20-27(21)25)13-4-5-14(26-13)16(23)24/h2-6,11-12,20H,7H2,1H3,(H,19,22)(H,23,24). The zero-order chi connectivity index (χ0) is 19.7.